The van der Waals surface area contributed by atoms with Crippen LogP contribution in [0.25, 0.3) is 16.7 Å². The van der Waals surface area contributed by atoms with Gasteiger partial charge in [-0.15, -0.1) is 0 Å². The maximum absolute atomic E-state index is 9.24. The molecule has 5 heteroatoms. The third-order valence-electron chi connectivity index (χ3n) is 11.6. The summed E-state index contributed by atoms with van der Waals surface area (Å²) in [7, 11) is 0. The van der Waals surface area contributed by atoms with Gasteiger partial charge in [-0.25, -0.2) is 4.99 Å². The van der Waals surface area contributed by atoms with Crippen molar-refractivity contribution < 1.29 is 0 Å². The highest BCUT2D eigenvalue weighted by Gasteiger charge is 2.51. The number of aliphatic imine (C=N–C) groups is 1. The standard InChI is InChI=1S/C47H38N4S/c48-29-30-18-20-31(21-19-30)32-22-24-34(25-23-32)45-49-44(33-10-2-1-3-11-33)50-46(51-45)35-26-27-39-37(28-35)36-12-4-5-13-38(36)47(39)40-14-6-8-16-42(40)52-43-17-9-7-15-41(43)47/h2,4,6-10,12,14-28,33,44,46,50H,1,3,5,11,13H2,(H,49,51). The molecule has 0 radical (unpaired) electrons. The normalized spacial score (nSPS) is 22.1. The van der Waals surface area contributed by atoms with E-state index in [1.54, 1.807) is 0 Å². The Hall–Kier alpha value is -5.41. The van der Waals surface area contributed by atoms with Crippen LogP contribution in [0, 0.1) is 17.2 Å². The summed E-state index contributed by atoms with van der Waals surface area (Å²) in [5.41, 5.74) is 13.3. The lowest BCUT2D eigenvalue weighted by Crippen LogP contribution is -2.54. The molecule has 4 nitrogen and oxygen atoms in total. The maximum Gasteiger partial charge on any atom is 0.131 e. The SMILES string of the molecule is N#Cc1ccc(-c2ccc(C3=NC(c4ccc5c(c4)C4=C(CCC=C4)C54c5ccccc5Sc5ccccc54)NC(C4C=CCCC4)N3)cc2)cc1. The molecule has 0 amide bonds. The molecule has 5 aliphatic rings. The molecule has 3 atom stereocenters. The Kier molecular flexibility index (Phi) is 7.63. The van der Waals surface area contributed by atoms with Gasteiger partial charge in [0, 0.05) is 21.3 Å². The number of nitrogens with one attached hydrogen (secondary N) is 2. The molecule has 1 spiro atoms. The first-order valence-corrected chi connectivity index (χ1v) is 19.3. The van der Waals surface area contributed by atoms with Crippen LogP contribution in [0.5, 0.6) is 0 Å². The highest BCUT2D eigenvalue weighted by molar-refractivity contribution is 7.99. The molecule has 0 aromatic heterocycles. The van der Waals surface area contributed by atoms with Gasteiger partial charge in [0.05, 0.1) is 23.2 Å². The summed E-state index contributed by atoms with van der Waals surface area (Å²) < 4.78 is 0. The fraction of sp³-hybridized carbons (Fsp3) is 0.191. The molecular weight excluding hydrogens is 653 g/mol. The number of allylic oxidation sites excluding steroid dienone is 5. The van der Waals surface area contributed by atoms with Crippen LogP contribution in [0.15, 0.2) is 160 Å². The zero-order chi connectivity index (χ0) is 34.6. The predicted octanol–water partition coefficient (Wildman–Crippen LogP) is 10.5. The number of nitrogens with zero attached hydrogens (tertiary/aromatic N) is 2. The van der Waals surface area contributed by atoms with Crippen LogP contribution in [0.4, 0.5) is 0 Å². The number of rotatable bonds is 4. The number of benzene rings is 5. The predicted molar refractivity (Wildman–Crippen MR) is 211 cm³/mol. The number of hydrogen-bond donors (Lipinski definition) is 2. The molecular formula is C47H38N4S. The summed E-state index contributed by atoms with van der Waals surface area (Å²) in [5, 5.41) is 17.0. The minimum atomic E-state index is -0.297. The maximum atomic E-state index is 9.24. The van der Waals surface area contributed by atoms with Crippen molar-refractivity contribution in [2.75, 3.05) is 0 Å². The molecule has 2 heterocycles. The van der Waals surface area contributed by atoms with Gasteiger partial charge in [0.2, 0.25) is 0 Å². The second-order valence-corrected chi connectivity index (χ2v) is 15.5. The van der Waals surface area contributed by atoms with Gasteiger partial charge in [0.25, 0.3) is 0 Å². The molecule has 0 bridgehead atoms. The van der Waals surface area contributed by atoms with Gasteiger partial charge in [-0.05, 0) is 113 Å². The Balaban J connectivity index is 1.08. The minimum absolute atomic E-state index is 0.0605. The summed E-state index contributed by atoms with van der Waals surface area (Å²) in [6.45, 7) is 0. The second kappa shape index (κ2) is 12.7. The van der Waals surface area contributed by atoms with Crippen molar-refractivity contribution in [2.45, 2.75) is 59.6 Å². The molecule has 52 heavy (non-hydrogen) atoms. The highest BCUT2D eigenvalue weighted by Crippen LogP contribution is 2.63. The number of fused-ring (bicyclic) bond motifs is 8. The van der Waals surface area contributed by atoms with Crippen LogP contribution in [-0.4, -0.2) is 12.0 Å². The Bertz CT molecular complexity index is 2350. The van der Waals surface area contributed by atoms with E-state index in [4.69, 9.17) is 4.99 Å². The summed E-state index contributed by atoms with van der Waals surface area (Å²) in [5.74, 6) is 1.29. The molecule has 3 aliphatic carbocycles. The Labute approximate surface area is 309 Å². The monoisotopic (exact) mass is 690 g/mol. The Morgan fingerprint density at radius 3 is 2.17 bits per heavy atom. The average molecular weight is 691 g/mol. The first-order valence-electron chi connectivity index (χ1n) is 18.5. The van der Waals surface area contributed by atoms with Crippen LogP contribution in [0.1, 0.15) is 77.2 Å². The van der Waals surface area contributed by atoms with Gasteiger partial charge in [-0.3, -0.25) is 5.32 Å². The first kappa shape index (κ1) is 31.3. The number of nitriles is 1. The minimum Gasteiger partial charge on any atom is -0.354 e. The van der Waals surface area contributed by atoms with Crippen LogP contribution in [0.3, 0.4) is 0 Å². The molecule has 3 unspecified atom stereocenters. The summed E-state index contributed by atoms with van der Waals surface area (Å²) in [4.78, 5) is 8.09. The van der Waals surface area contributed by atoms with Crippen LogP contribution in [0.2, 0.25) is 0 Å². The van der Waals surface area contributed by atoms with Gasteiger partial charge in [0.1, 0.15) is 12.0 Å². The van der Waals surface area contributed by atoms with E-state index >= 15 is 0 Å². The molecule has 0 fully saturated rings. The average Bonchev–Trinajstić information content (AvgIpc) is 3.51. The molecule has 5 aromatic carbocycles. The van der Waals surface area contributed by atoms with Gasteiger partial charge in [0.15, 0.2) is 0 Å². The molecule has 5 aromatic rings. The highest BCUT2D eigenvalue weighted by atomic mass is 32.2. The number of amidine groups is 1. The molecule has 2 N–H and O–H groups in total. The fourth-order valence-corrected chi connectivity index (χ4v) is 10.3. The van der Waals surface area contributed by atoms with Crippen LogP contribution in [-0.2, 0) is 5.41 Å². The lowest BCUT2D eigenvalue weighted by molar-refractivity contribution is 0.308. The lowest BCUT2D eigenvalue weighted by atomic mass is 9.65. The van der Waals surface area contributed by atoms with E-state index in [0.717, 1.165) is 48.2 Å². The molecule has 2 aliphatic heterocycles. The zero-order valence-electron chi connectivity index (χ0n) is 28.8. The quantitative estimate of drug-likeness (QED) is 0.184. The Morgan fingerprint density at radius 2 is 1.46 bits per heavy atom. The fourth-order valence-electron chi connectivity index (χ4n) is 9.16. The van der Waals surface area contributed by atoms with E-state index in [2.05, 4.69) is 132 Å². The van der Waals surface area contributed by atoms with Gasteiger partial charge >= 0.3 is 0 Å². The van der Waals surface area contributed by atoms with E-state index in [1.807, 2.05) is 36.0 Å². The van der Waals surface area contributed by atoms with E-state index in [0.29, 0.717) is 11.5 Å². The summed E-state index contributed by atoms with van der Waals surface area (Å²) in [6.07, 6.45) is 14.9. The summed E-state index contributed by atoms with van der Waals surface area (Å²) in [6, 6.07) is 44.0. The molecule has 10 rings (SSSR count). The topological polar surface area (TPSA) is 60.2 Å². The van der Waals surface area contributed by atoms with Crippen molar-refractivity contribution in [3.8, 4) is 17.2 Å². The van der Waals surface area contributed by atoms with Crippen molar-refractivity contribution in [3.05, 3.63) is 184 Å². The lowest BCUT2D eigenvalue weighted by Gasteiger charge is -2.41. The molecule has 0 saturated carbocycles. The third-order valence-corrected chi connectivity index (χ3v) is 12.7. The largest absolute Gasteiger partial charge is 0.354 e. The summed E-state index contributed by atoms with van der Waals surface area (Å²) >= 11 is 1.90. The number of hydrogen-bond acceptors (Lipinski definition) is 5. The van der Waals surface area contributed by atoms with E-state index in [9.17, 15) is 5.26 Å². The Morgan fingerprint density at radius 1 is 0.750 bits per heavy atom. The van der Waals surface area contributed by atoms with Gasteiger partial charge in [-0.1, -0.05) is 121 Å². The molecule has 252 valence electrons. The van der Waals surface area contributed by atoms with Crippen molar-refractivity contribution in [3.63, 3.8) is 0 Å². The molecule has 0 saturated heterocycles. The van der Waals surface area contributed by atoms with E-state index in [-0.39, 0.29) is 17.7 Å². The van der Waals surface area contributed by atoms with Gasteiger partial charge < -0.3 is 5.32 Å². The van der Waals surface area contributed by atoms with Crippen LogP contribution >= 0.6 is 11.8 Å². The second-order valence-electron chi connectivity index (χ2n) is 14.4. The van der Waals surface area contributed by atoms with Crippen molar-refractivity contribution >= 4 is 23.2 Å². The van der Waals surface area contributed by atoms with Crippen molar-refractivity contribution in [1.82, 2.24) is 10.6 Å². The first-order chi connectivity index (χ1) is 25.7. The zero-order valence-corrected chi connectivity index (χ0v) is 29.7. The van der Waals surface area contributed by atoms with Gasteiger partial charge in [-0.2, -0.15) is 5.26 Å². The smallest absolute Gasteiger partial charge is 0.131 e. The van der Waals surface area contributed by atoms with Crippen molar-refractivity contribution in [2.24, 2.45) is 10.9 Å². The van der Waals surface area contributed by atoms with E-state index < -0.39 is 0 Å². The third kappa shape index (κ3) is 4.97. The van der Waals surface area contributed by atoms with E-state index in [1.165, 1.54) is 55.2 Å². The van der Waals surface area contributed by atoms with Crippen molar-refractivity contribution in [1.29, 1.82) is 5.26 Å². The van der Waals surface area contributed by atoms with Crippen LogP contribution < -0.4 is 10.6 Å².